The highest BCUT2D eigenvalue weighted by Crippen LogP contribution is 2.52. The van der Waals surface area contributed by atoms with Gasteiger partial charge in [0.15, 0.2) is 12.4 Å². The molecule has 1 saturated carbocycles. The van der Waals surface area contributed by atoms with Crippen molar-refractivity contribution in [1.29, 1.82) is 0 Å². The second-order valence-corrected chi connectivity index (χ2v) is 7.31. The number of carbonyl (C=O) groups is 3. The van der Waals surface area contributed by atoms with E-state index in [4.69, 9.17) is 9.47 Å². The van der Waals surface area contributed by atoms with E-state index in [9.17, 15) is 24.5 Å². The van der Waals surface area contributed by atoms with Gasteiger partial charge in [-0.3, -0.25) is 19.7 Å². The van der Waals surface area contributed by atoms with Crippen LogP contribution in [0, 0.1) is 33.8 Å². The molecule has 30 heavy (non-hydrogen) atoms. The minimum absolute atomic E-state index is 0.0774. The zero-order valence-electron chi connectivity index (χ0n) is 16.1. The lowest BCUT2D eigenvalue weighted by Crippen LogP contribution is -2.28. The Labute approximate surface area is 171 Å². The molecule has 10 heteroatoms. The van der Waals surface area contributed by atoms with Gasteiger partial charge in [-0.05, 0) is 37.3 Å². The van der Waals surface area contributed by atoms with Crippen molar-refractivity contribution in [2.24, 2.45) is 28.8 Å². The van der Waals surface area contributed by atoms with Crippen molar-refractivity contribution in [3.63, 3.8) is 0 Å². The van der Waals surface area contributed by atoms with Crippen molar-refractivity contribution in [2.45, 2.75) is 13.3 Å². The number of ether oxygens (including phenoxy) is 2. The Morgan fingerprint density at radius 2 is 1.93 bits per heavy atom. The standard InChI is InChI=1S/C20H19N3O7/c1-2-29-16(24)10-30-15-6-3-11(7-14(15)23(27)28)9-21-22-19(25)17-12-4-5-13(8-12)18(17)20(22)26/h3-7,9,12-13,17-18H,2,8,10H2,1H3/t12-,13-,17-,18+/m0/s1. The van der Waals surface area contributed by atoms with Gasteiger partial charge in [0.05, 0.1) is 29.6 Å². The number of hydrogen-bond acceptors (Lipinski definition) is 8. The van der Waals surface area contributed by atoms with Gasteiger partial charge in [-0.2, -0.15) is 10.1 Å². The SMILES string of the molecule is CCOC(=O)COc1ccc(C=NN2C(=O)[C@@H]3[C@H](C2=O)[C@H]2C=C[C@H]3C2)cc1[N+](=O)[O-]. The molecule has 156 valence electrons. The number of rotatable bonds is 7. The number of hydrazone groups is 1. The second kappa shape index (κ2) is 7.69. The molecule has 2 amide bonds. The molecule has 10 nitrogen and oxygen atoms in total. The lowest BCUT2D eigenvalue weighted by molar-refractivity contribution is -0.385. The third-order valence-corrected chi connectivity index (χ3v) is 5.60. The van der Waals surface area contributed by atoms with Gasteiger partial charge in [0.2, 0.25) is 0 Å². The van der Waals surface area contributed by atoms with Crippen molar-refractivity contribution in [2.75, 3.05) is 13.2 Å². The van der Waals surface area contributed by atoms with E-state index in [2.05, 4.69) is 5.10 Å². The van der Waals surface area contributed by atoms with Gasteiger partial charge >= 0.3 is 11.7 Å². The number of carbonyl (C=O) groups excluding carboxylic acids is 3. The maximum atomic E-state index is 12.6. The highest BCUT2D eigenvalue weighted by Gasteiger charge is 2.59. The summed E-state index contributed by atoms with van der Waals surface area (Å²) in [5, 5.41) is 16.2. The summed E-state index contributed by atoms with van der Waals surface area (Å²) in [4.78, 5) is 47.4. The van der Waals surface area contributed by atoms with E-state index >= 15 is 0 Å². The molecule has 1 aromatic rings. The Hall–Kier alpha value is -3.56. The number of benzene rings is 1. The van der Waals surface area contributed by atoms with Crippen LogP contribution in [0.4, 0.5) is 5.69 Å². The topological polar surface area (TPSA) is 128 Å². The van der Waals surface area contributed by atoms with E-state index in [0.717, 1.165) is 11.4 Å². The zero-order chi connectivity index (χ0) is 21.4. The number of nitro benzene ring substituents is 1. The van der Waals surface area contributed by atoms with Crippen LogP contribution in [0.3, 0.4) is 0 Å². The molecule has 0 radical (unpaired) electrons. The Morgan fingerprint density at radius 1 is 1.27 bits per heavy atom. The van der Waals surface area contributed by atoms with Gasteiger partial charge in [-0.15, -0.1) is 0 Å². The molecule has 1 aromatic carbocycles. The van der Waals surface area contributed by atoms with Crippen LogP contribution in [-0.2, 0) is 19.1 Å². The molecule has 0 N–H and O–H groups in total. The third kappa shape index (κ3) is 3.34. The van der Waals surface area contributed by atoms with Gasteiger partial charge in [0, 0.05) is 11.6 Å². The predicted molar refractivity (Wildman–Crippen MR) is 102 cm³/mol. The van der Waals surface area contributed by atoms with E-state index in [1.807, 2.05) is 12.2 Å². The van der Waals surface area contributed by atoms with Crippen LogP contribution in [0.25, 0.3) is 0 Å². The molecule has 4 atom stereocenters. The fourth-order valence-electron chi connectivity index (χ4n) is 4.34. The Bertz CT molecular complexity index is 957. The average molecular weight is 413 g/mol. The molecule has 4 rings (SSSR count). The quantitative estimate of drug-likeness (QED) is 0.166. The van der Waals surface area contributed by atoms with Gasteiger partial charge in [-0.25, -0.2) is 4.79 Å². The first-order chi connectivity index (χ1) is 14.4. The second-order valence-electron chi connectivity index (χ2n) is 7.31. The van der Waals surface area contributed by atoms with Crippen LogP contribution in [-0.4, -0.2) is 47.1 Å². The first-order valence-corrected chi connectivity index (χ1v) is 9.57. The van der Waals surface area contributed by atoms with Crippen molar-refractivity contribution in [3.05, 3.63) is 46.0 Å². The lowest BCUT2D eigenvalue weighted by atomic mass is 9.85. The average Bonchev–Trinajstić information content (AvgIpc) is 3.40. The Balaban J connectivity index is 1.49. The molecule has 2 fully saturated rings. The summed E-state index contributed by atoms with van der Waals surface area (Å²) in [5.74, 6) is -1.98. The molecule has 2 aliphatic carbocycles. The fraction of sp³-hybridized carbons (Fsp3) is 0.400. The molecule has 0 spiro atoms. The minimum atomic E-state index is -0.655. The van der Waals surface area contributed by atoms with E-state index in [1.54, 1.807) is 6.92 Å². The van der Waals surface area contributed by atoms with Gasteiger partial charge in [0.25, 0.3) is 11.8 Å². The monoisotopic (exact) mass is 413 g/mol. The zero-order valence-corrected chi connectivity index (χ0v) is 16.1. The molecule has 0 aromatic heterocycles. The number of nitro groups is 1. The predicted octanol–water partition coefficient (Wildman–Crippen LogP) is 1.68. The van der Waals surface area contributed by atoms with Crippen molar-refractivity contribution in [3.8, 4) is 5.75 Å². The first kappa shape index (κ1) is 19.7. The number of esters is 1. The third-order valence-electron chi connectivity index (χ3n) is 5.60. The number of hydrogen-bond donors (Lipinski definition) is 0. The fourth-order valence-corrected chi connectivity index (χ4v) is 4.34. The van der Waals surface area contributed by atoms with E-state index in [0.29, 0.717) is 5.56 Å². The Morgan fingerprint density at radius 3 is 2.53 bits per heavy atom. The molecule has 1 heterocycles. The molecular weight excluding hydrogens is 394 g/mol. The van der Waals surface area contributed by atoms with Gasteiger partial charge < -0.3 is 9.47 Å². The summed E-state index contributed by atoms with van der Waals surface area (Å²) in [6.45, 7) is 1.35. The number of allylic oxidation sites excluding steroid dienone is 2. The van der Waals surface area contributed by atoms with Gasteiger partial charge in [-0.1, -0.05) is 12.2 Å². The van der Waals surface area contributed by atoms with Crippen LogP contribution in [0.2, 0.25) is 0 Å². The van der Waals surface area contributed by atoms with E-state index in [1.165, 1.54) is 24.4 Å². The van der Waals surface area contributed by atoms with Crippen molar-refractivity contribution >= 4 is 29.7 Å². The number of fused-ring (bicyclic) bond motifs is 5. The summed E-state index contributed by atoms with van der Waals surface area (Å²) in [5.41, 5.74) is -0.0645. The molecule has 0 unspecified atom stereocenters. The maximum Gasteiger partial charge on any atom is 0.344 e. The van der Waals surface area contributed by atoms with Crippen molar-refractivity contribution < 1.29 is 28.8 Å². The van der Waals surface area contributed by atoms with Crippen molar-refractivity contribution in [1.82, 2.24) is 5.01 Å². The van der Waals surface area contributed by atoms with Crippen LogP contribution in [0.1, 0.15) is 18.9 Å². The molecule has 3 aliphatic rings. The number of amides is 2. The minimum Gasteiger partial charge on any atom is -0.475 e. The largest absolute Gasteiger partial charge is 0.475 e. The highest BCUT2D eigenvalue weighted by atomic mass is 16.6. The molecule has 2 bridgehead atoms. The normalized spacial score (nSPS) is 26.5. The van der Waals surface area contributed by atoms with Crippen LogP contribution in [0.15, 0.2) is 35.5 Å². The molecular formula is C20H19N3O7. The number of nitrogens with zero attached hydrogens (tertiary/aromatic N) is 3. The smallest absolute Gasteiger partial charge is 0.344 e. The summed E-state index contributed by atoms with van der Waals surface area (Å²) in [6.07, 6.45) is 6.03. The summed E-state index contributed by atoms with van der Waals surface area (Å²) < 4.78 is 9.90. The van der Waals surface area contributed by atoms with Crippen LogP contribution in [0.5, 0.6) is 5.75 Å². The molecule has 1 saturated heterocycles. The number of imide groups is 1. The highest BCUT2D eigenvalue weighted by molar-refractivity contribution is 6.06. The first-order valence-electron chi connectivity index (χ1n) is 9.57. The summed E-state index contributed by atoms with van der Waals surface area (Å²) in [7, 11) is 0. The van der Waals surface area contributed by atoms with Crippen LogP contribution < -0.4 is 4.74 Å². The lowest BCUT2D eigenvalue weighted by Gasteiger charge is -2.13. The summed E-state index contributed by atoms with van der Waals surface area (Å²) >= 11 is 0. The van der Waals surface area contributed by atoms with E-state index < -0.39 is 17.5 Å². The summed E-state index contributed by atoms with van der Waals surface area (Å²) in [6, 6.07) is 4.00. The maximum absolute atomic E-state index is 12.6. The van der Waals surface area contributed by atoms with E-state index in [-0.39, 0.29) is 53.5 Å². The van der Waals surface area contributed by atoms with Gasteiger partial charge in [0.1, 0.15) is 0 Å². The molecule has 1 aliphatic heterocycles. The Kier molecular flexibility index (Phi) is 5.06. The van der Waals surface area contributed by atoms with Crippen LogP contribution >= 0.6 is 0 Å².